The molecule has 4 aromatic rings. The first-order valence-electron chi connectivity index (χ1n) is 7.08. The Bertz CT molecular complexity index is 928. The Morgan fingerprint density at radius 2 is 1.40 bits per heavy atom. The van der Waals surface area contributed by atoms with Gasteiger partial charge in [0.15, 0.2) is 0 Å². The summed E-state index contributed by atoms with van der Waals surface area (Å²) in [4.78, 5) is 0. The highest BCUT2D eigenvalue weighted by Crippen LogP contribution is 2.37. The normalized spacial score (nSPS) is 11.9. The van der Waals surface area contributed by atoms with E-state index in [-0.39, 0.29) is 0 Å². The molecule has 3 aromatic carbocycles. The standard InChI is InChI=1S/C19H16O/c1-12(2)16-11-17-14-8-5-6-10-18(14)20-19(17)15-9-4-3-7-13(15)16/h3-12H,1-2H3. The van der Waals surface area contributed by atoms with Crippen LogP contribution >= 0.6 is 0 Å². The summed E-state index contributed by atoms with van der Waals surface area (Å²) in [6.45, 7) is 4.49. The zero-order chi connectivity index (χ0) is 13.7. The molecule has 0 spiro atoms. The number of benzene rings is 3. The van der Waals surface area contributed by atoms with Gasteiger partial charge in [0, 0.05) is 16.2 Å². The van der Waals surface area contributed by atoms with E-state index in [1.54, 1.807) is 0 Å². The molecule has 0 radical (unpaired) electrons. The van der Waals surface area contributed by atoms with Gasteiger partial charge in [-0.3, -0.25) is 0 Å². The van der Waals surface area contributed by atoms with Crippen molar-refractivity contribution in [3.63, 3.8) is 0 Å². The molecule has 1 heterocycles. The summed E-state index contributed by atoms with van der Waals surface area (Å²) < 4.78 is 6.10. The Kier molecular flexibility index (Phi) is 2.37. The van der Waals surface area contributed by atoms with Gasteiger partial charge in [0.1, 0.15) is 11.2 Å². The van der Waals surface area contributed by atoms with E-state index in [4.69, 9.17) is 4.42 Å². The average molecular weight is 260 g/mol. The van der Waals surface area contributed by atoms with E-state index in [2.05, 4.69) is 56.3 Å². The van der Waals surface area contributed by atoms with Crippen molar-refractivity contribution < 1.29 is 4.42 Å². The first-order valence-corrected chi connectivity index (χ1v) is 7.08. The van der Waals surface area contributed by atoms with Gasteiger partial charge < -0.3 is 4.42 Å². The van der Waals surface area contributed by atoms with Gasteiger partial charge in [-0.2, -0.15) is 0 Å². The first-order chi connectivity index (χ1) is 9.75. The molecule has 1 nitrogen and oxygen atoms in total. The van der Waals surface area contributed by atoms with Crippen molar-refractivity contribution >= 4 is 32.7 Å². The molecule has 98 valence electrons. The van der Waals surface area contributed by atoms with Gasteiger partial charge in [-0.1, -0.05) is 56.3 Å². The third-order valence-electron chi connectivity index (χ3n) is 4.04. The second-order valence-corrected chi connectivity index (χ2v) is 5.64. The maximum Gasteiger partial charge on any atom is 0.143 e. The van der Waals surface area contributed by atoms with Crippen LogP contribution in [0, 0.1) is 0 Å². The van der Waals surface area contributed by atoms with Crippen LogP contribution in [0.15, 0.2) is 59.0 Å². The maximum atomic E-state index is 6.10. The Balaban J connectivity index is 2.30. The van der Waals surface area contributed by atoms with Gasteiger partial charge in [-0.05, 0) is 29.0 Å². The first kappa shape index (κ1) is 11.5. The van der Waals surface area contributed by atoms with Gasteiger partial charge in [-0.15, -0.1) is 0 Å². The van der Waals surface area contributed by atoms with E-state index in [0.29, 0.717) is 5.92 Å². The largest absolute Gasteiger partial charge is 0.455 e. The lowest BCUT2D eigenvalue weighted by molar-refractivity contribution is 0.672. The maximum absolute atomic E-state index is 6.10. The van der Waals surface area contributed by atoms with E-state index in [1.165, 1.54) is 27.1 Å². The number of hydrogen-bond donors (Lipinski definition) is 0. The minimum Gasteiger partial charge on any atom is -0.455 e. The van der Waals surface area contributed by atoms with Crippen molar-refractivity contribution in [2.24, 2.45) is 0 Å². The van der Waals surface area contributed by atoms with Crippen LogP contribution in [0.1, 0.15) is 25.3 Å². The van der Waals surface area contributed by atoms with Gasteiger partial charge in [0.25, 0.3) is 0 Å². The van der Waals surface area contributed by atoms with Crippen LogP contribution in [-0.2, 0) is 0 Å². The Morgan fingerprint density at radius 1 is 0.750 bits per heavy atom. The highest BCUT2D eigenvalue weighted by molar-refractivity contribution is 6.16. The second kappa shape index (κ2) is 4.11. The topological polar surface area (TPSA) is 13.1 Å². The Hall–Kier alpha value is -2.28. The zero-order valence-corrected chi connectivity index (χ0v) is 11.7. The Labute approximate surface area is 117 Å². The monoisotopic (exact) mass is 260 g/mol. The minimum atomic E-state index is 0.498. The molecule has 1 heteroatoms. The van der Waals surface area contributed by atoms with Crippen LogP contribution in [0.3, 0.4) is 0 Å². The molecular weight excluding hydrogens is 244 g/mol. The lowest BCUT2D eigenvalue weighted by Gasteiger charge is -2.10. The van der Waals surface area contributed by atoms with Crippen LogP contribution in [0.2, 0.25) is 0 Å². The van der Waals surface area contributed by atoms with Crippen LogP contribution in [0.4, 0.5) is 0 Å². The molecular formula is C19H16O. The van der Waals surface area contributed by atoms with Crippen LogP contribution in [0.25, 0.3) is 32.7 Å². The number of para-hydroxylation sites is 1. The summed E-state index contributed by atoms with van der Waals surface area (Å²) in [5.41, 5.74) is 3.36. The van der Waals surface area contributed by atoms with Gasteiger partial charge in [0.05, 0.1) is 0 Å². The van der Waals surface area contributed by atoms with Crippen molar-refractivity contribution in [1.29, 1.82) is 0 Å². The van der Waals surface area contributed by atoms with Crippen molar-refractivity contribution in [2.75, 3.05) is 0 Å². The quantitative estimate of drug-likeness (QED) is 0.417. The molecule has 0 aliphatic carbocycles. The van der Waals surface area contributed by atoms with Crippen LogP contribution in [-0.4, -0.2) is 0 Å². The van der Waals surface area contributed by atoms with Crippen molar-refractivity contribution in [2.45, 2.75) is 19.8 Å². The summed E-state index contributed by atoms with van der Waals surface area (Å²) >= 11 is 0. The fraction of sp³-hybridized carbons (Fsp3) is 0.158. The molecule has 0 aliphatic rings. The molecule has 0 amide bonds. The van der Waals surface area contributed by atoms with Crippen molar-refractivity contribution in [1.82, 2.24) is 0 Å². The van der Waals surface area contributed by atoms with Gasteiger partial charge >= 0.3 is 0 Å². The fourth-order valence-electron chi connectivity index (χ4n) is 3.05. The minimum absolute atomic E-state index is 0.498. The van der Waals surface area contributed by atoms with E-state index < -0.39 is 0 Å². The molecule has 0 saturated carbocycles. The summed E-state index contributed by atoms with van der Waals surface area (Å²) in [5, 5.41) is 4.94. The van der Waals surface area contributed by atoms with Crippen LogP contribution in [0.5, 0.6) is 0 Å². The highest BCUT2D eigenvalue weighted by Gasteiger charge is 2.14. The fourth-order valence-corrected chi connectivity index (χ4v) is 3.05. The van der Waals surface area contributed by atoms with Gasteiger partial charge in [0.2, 0.25) is 0 Å². The summed E-state index contributed by atoms with van der Waals surface area (Å²) in [6.07, 6.45) is 0. The molecule has 0 bridgehead atoms. The van der Waals surface area contributed by atoms with Crippen molar-refractivity contribution in [3.05, 3.63) is 60.2 Å². The molecule has 0 atom stereocenters. The SMILES string of the molecule is CC(C)c1cc2c3ccccc3oc2c2ccccc12. The smallest absolute Gasteiger partial charge is 0.143 e. The summed E-state index contributed by atoms with van der Waals surface area (Å²) in [5.74, 6) is 0.498. The predicted octanol–water partition coefficient (Wildman–Crippen LogP) is 5.86. The second-order valence-electron chi connectivity index (χ2n) is 5.64. The van der Waals surface area contributed by atoms with E-state index in [0.717, 1.165) is 11.2 Å². The molecule has 4 rings (SSSR count). The van der Waals surface area contributed by atoms with Gasteiger partial charge in [-0.25, -0.2) is 0 Å². The summed E-state index contributed by atoms with van der Waals surface area (Å²) in [6, 6.07) is 19.1. The van der Waals surface area contributed by atoms with E-state index >= 15 is 0 Å². The van der Waals surface area contributed by atoms with Crippen molar-refractivity contribution in [3.8, 4) is 0 Å². The molecule has 0 N–H and O–H groups in total. The Morgan fingerprint density at radius 3 is 2.15 bits per heavy atom. The predicted molar refractivity (Wildman–Crippen MR) is 85.3 cm³/mol. The molecule has 1 aromatic heterocycles. The number of fused-ring (bicyclic) bond motifs is 5. The molecule has 0 saturated heterocycles. The molecule has 0 aliphatic heterocycles. The number of furan rings is 1. The number of hydrogen-bond acceptors (Lipinski definition) is 1. The average Bonchev–Trinajstić information content (AvgIpc) is 2.85. The third kappa shape index (κ3) is 1.50. The summed E-state index contributed by atoms with van der Waals surface area (Å²) in [7, 11) is 0. The highest BCUT2D eigenvalue weighted by atomic mass is 16.3. The van der Waals surface area contributed by atoms with Crippen LogP contribution < -0.4 is 0 Å². The third-order valence-corrected chi connectivity index (χ3v) is 4.04. The number of rotatable bonds is 1. The molecule has 0 fully saturated rings. The lowest BCUT2D eigenvalue weighted by atomic mass is 9.93. The molecule has 20 heavy (non-hydrogen) atoms. The van der Waals surface area contributed by atoms with E-state index in [9.17, 15) is 0 Å². The lowest BCUT2D eigenvalue weighted by Crippen LogP contribution is -1.89. The van der Waals surface area contributed by atoms with E-state index in [1.807, 2.05) is 12.1 Å². The molecule has 0 unspecified atom stereocenters. The zero-order valence-electron chi connectivity index (χ0n) is 11.7.